The number of carbonyl (C=O) groups excluding carboxylic acids is 1. The van der Waals surface area contributed by atoms with Crippen LogP contribution in [0.15, 0.2) is 12.1 Å². The summed E-state index contributed by atoms with van der Waals surface area (Å²) in [5.74, 6) is -1.20. The van der Waals surface area contributed by atoms with Crippen molar-refractivity contribution in [2.24, 2.45) is 0 Å². The molecule has 19 heavy (non-hydrogen) atoms. The molecule has 1 aliphatic rings. The molecule has 1 aromatic rings. The van der Waals surface area contributed by atoms with Gasteiger partial charge in [-0.15, -0.1) is 0 Å². The van der Waals surface area contributed by atoms with Crippen LogP contribution in [0.2, 0.25) is 0 Å². The van der Waals surface area contributed by atoms with Crippen molar-refractivity contribution in [3.05, 3.63) is 33.6 Å². The molecule has 6 nitrogen and oxygen atoms in total. The van der Waals surface area contributed by atoms with Gasteiger partial charge in [0, 0.05) is 12.5 Å². The fraction of sp³-hybridized carbons (Fsp3) is 0.333. The van der Waals surface area contributed by atoms with Crippen LogP contribution in [0, 0.1) is 27.3 Å². The third kappa shape index (κ3) is 2.38. The lowest BCUT2D eigenvalue weighted by Gasteiger charge is -2.19. The summed E-state index contributed by atoms with van der Waals surface area (Å²) in [6.07, 6.45) is 1.23. The van der Waals surface area contributed by atoms with Gasteiger partial charge in [-0.25, -0.2) is 0 Å². The number of nitriles is 1. The second-order valence-electron chi connectivity index (χ2n) is 4.18. The number of fused-ring (bicyclic) bond motifs is 1. The van der Waals surface area contributed by atoms with Gasteiger partial charge in [-0.3, -0.25) is 19.8 Å². The Labute approximate surface area is 108 Å². The first-order valence-corrected chi connectivity index (χ1v) is 5.68. The average Bonchev–Trinajstić information content (AvgIpc) is 2.49. The van der Waals surface area contributed by atoms with E-state index in [2.05, 4.69) is 0 Å². The zero-order valence-electron chi connectivity index (χ0n) is 9.93. The molecule has 1 amide bonds. The summed E-state index contributed by atoms with van der Waals surface area (Å²) in [6.45, 7) is -0.200. The zero-order valence-corrected chi connectivity index (χ0v) is 9.93. The Morgan fingerprint density at radius 2 is 2.21 bits per heavy atom. The van der Waals surface area contributed by atoms with E-state index < -0.39 is 16.4 Å². The number of carbonyl (C=O) groups is 1. The summed E-state index contributed by atoms with van der Waals surface area (Å²) in [6, 6.07) is 3.95. The molecule has 1 heterocycles. The van der Waals surface area contributed by atoms with Crippen molar-refractivity contribution in [2.75, 3.05) is 11.4 Å². The summed E-state index contributed by atoms with van der Waals surface area (Å²) in [5.41, 5.74) is 0.0951. The van der Waals surface area contributed by atoms with Crippen LogP contribution in [0.4, 0.5) is 15.8 Å². The van der Waals surface area contributed by atoms with E-state index in [1.807, 2.05) is 6.07 Å². The molecule has 1 aromatic carbocycles. The molecule has 98 valence electrons. The molecule has 0 aromatic heterocycles. The second kappa shape index (κ2) is 5.02. The van der Waals surface area contributed by atoms with Gasteiger partial charge in [0.25, 0.3) is 0 Å². The van der Waals surface area contributed by atoms with Gasteiger partial charge in [-0.05, 0) is 24.5 Å². The molecule has 0 unspecified atom stereocenters. The number of anilines is 1. The molecule has 1 aliphatic heterocycles. The number of aryl methyl sites for hydroxylation is 1. The molecule has 0 spiro atoms. The van der Waals surface area contributed by atoms with Crippen molar-refractivity contribution >= 4 is 17.3 Å². The van der Waals surface area contributed by atoms with Gasteiger partial charge in [0.05, 0.1) is 16.7 Å². The highest BCUT2D eigenvalue weighted by Crippen LogP contribution is 2.32. The van der Waals surface area contributed by atoms with E-state index in [4.69, 9.17) is 5.26 Å². The Kier molecular flexibility index (Phi) is 3.42. The SMILES string of the molecule is N#CCN1C(=O)CCCc2cc(F)c([N+](=O)[O-])cc21. The van der Waals surface area contributed by atoms with E-state index >= 15 is 0 Å². The lowest BCUT2D eigenvalue weighted by molar-refractivity contribution is -0.387. The fourth-order valence-electron chi connectivity index (χ4n) is 2.13. The Morgan fingerprint density at radius 1 is 1.47 bits per heavy atom. The van der Waals surface area contributed by atoms with Crippen LogP contribution in [0.1, 0.15) is 18.4 Å². The van der Waals surface area contributed by atoms with Gasteiger partial charge < -0.3 is 0 Å². The van der Waals surface area contributed by atoms with Crippen LogP contribution in [-0.2, 0) is 11.2 Å². The molecular weight excluding hydrogens is 253 g/mol. The van der Waals surface area contributed by atoms with Gasteiger partial charge >= 0.3 is 5.69 Å². The van der Waals surface area contributed by atoms with Crippen molar-refractivity contribution in [1.29, 1.82) is 5.26 Å². The van der Waals surface area contributed by atoms with Gasteiger partial charge in [-0.2, -0.15) is 9.65 Å². The number of halogens is 1. The first kappa shape index (κ1) is 13.0. The minimum Gasteiger partial charge on any atom is -0.298 e. The summed E-state index contributed by atoms with van der Waals surface area (Å²) in [7, 11) is 0. The predicted molar refractivity (Wildman–Crippen MR) is 64.0 cm³/mol. The summed E-state index contributed by atoms with van der Waals surface area (Å²) < 4.78 is 13.6. The van der Waals surface area contributed by atoms with Crippen molar-refractivity contribution in [3.63, 3.8) is 0 Å². The van der Waals surface area contributed by atoms with E-state index in [0.717, 1.165) is 12.1 Å². The minimum absolute atomic E-state index is 0.200. The zero-order chi connectivity index (χ0) is 14.0. The third-order valence-corrected chi connectivity index (χ3v) is 3.00. The highest BCUT2D eigenvalue weighted by Gasteiger charge is 2.26. The Morgan fingerprint density at radius 3 is 2.84 bits per heavy atom. The maximum Gasteiger partial charge on any atom is 0.306 e. The predicted octanol–water partition coefficient (Wildman–Crippen LogP) is 1.93. The monoisotopic (exact) mass is 263 g/mol. The molecule has 0 radical (unpaired) electrons. The van der Waals surface area contributed by atoms with E-state index in [0.29, 0.717) is 18.4 Å². The van der Waals surface area contributed by atoms with E-state index in [1.54, 1.807) is 0 Å². The van der Waals surface area contributed by atoms with Gasteiger partial charge in [0.2, 0.25) is 11.7 Å². The molecule has 0 bridgehead atoms. The summed E-state index contributed by atoms with van der Waals surface area (Å²) in [4.78, 5) is 22.9. The van der Waals surface area contributed by atoms with Crippen molar-refractivity contribution in [2.45, 2.75) is 19.3 Å². The topological polar surface area (TPSA) is 87.2 Å². The van der Waals surface area contributed by atoms with E-state index in [1.165, 1.54) is 4.90 Å². The quantitative estimate of drug-likeness (QED) is 0.463. The molecule has 0 atom stereocenters. The number of nitro benzene ring substituents is 1. The number of hydrogen-bond donors (Lipinski definition) is 0. The number of nitrogens with zero attached hydrogens (tertiary/aromatic N) is 3. The Hall–Kier alpha value is -2.49. The van der Waals surface area contributed by atoms with E-state index in [9.17, 15) is 19.3 Å². The van der Waals surface area contributed by atoms with Crippen LogP contribution in [0.5, 0.6) is 0 Å². The minimum atomic E-state index is -0.921. The van der Waals surface area contributed by atoms with Crippen LogP contribution in [0.25, 0.3) is 0 Å². The second-order valence-corrected chi connectivity index (χ2v) is 4.18. The molecule has 0 N–H and O–H groups in total. The Balaban J connectivity index is 2.59. The third-order valence-electron chi connectivity index (χ3n) is 3.00. The number of benzene rings is 1. The van der Waals surface area contributed by atoms with Crippen LogP contribution >= 0.6 is 0 Å². The molecule has 0 saturated heterocycles. The average molecular weight is 263 g/mol. The first-order chi connectivity index (χ1) is 9.04. The van der Waals surface area contributed by atoms with Gasteiger partial charge in [0.15, 0.2) is 0 Å². The first-order valence-electron chi connectivity index (χ1n) is 5.68. The van der Waals surface area contributed by atoms with Crippen molar-refractivity contribution in [1.82, 2.24) is 0 Å². The molecule has 2 rings (SSSR count). The standard InChI is InChI=1S/C12H10FN3O3/c13-9-6-8-2-1-3-12(17)15(5-4-14)10(8)7-11(9)16(18)19/h6-7H,1-3,5H2. The number of nitro groups is 1. The van der Waals surface area contributed by atoms with Crippen LogP contribution in [-0.4, -0.2) is 17.4 Å². The normalized spacial score (nSPS) is 14.5. The molecular formula is C12H10FN3O3. The lowest BCUT2D eigenvalue weighted by Crippen LogP contribution is -2.30. The van der Waals surface area contributed by atoms with E-state index in [-0.39, 0.29) is 24.6 Å². The maximum absolute atomic E-state index is 13.6. The molecule has 0 aliphatic carbocycles. The largest absolute Gasteiger partial charge is 0.306 e. The number of amides is 1. The molecule has 0 fully saturated rings. The highest BCUT2D eigenvalue weighted by molar-refractivity contribution is 5.95. The smallest absolute Gasteiger partial charge is 0.298 e. The van der Waals surface area contributed by atoms with Crippen LogP contribution in [0.3, 0.4) is 0 Å². The number of hydrogen-bond acceptors (Lipinski definition) is 4. The Bertz CT molecular complexity index is 595. The molecule has 7 heteroatoms. The number of rotatable bonds is 2. The van der Waals surface area contributed by atoms with Crippen molar-refractivity contribution in [3.8, 4) is 6.07 Å². The summed E-state index contributed by atoms with van der Waals surface area (Å²) in [5, 5.41) is 19.5. The fourth-order valence-corrected chi connectivity index (χ4v) is 2.13. The maximum atomic E-state index is 13.6. The lowest BCUT2D eigenvalue weighted by atomic mass is 10.1. The molecule has 0 saturated carbocycles. The van der Waals surface area contributed by atoms with Crippen LogP contribution < -0.4 is 4.90 Å². The highest BCUT2D eigenvalue weighted by atomic mass is 19.1. The van der Waals surface area contributed by atoms with Gasteiger partial charge in [0.1, 0.15) is 6.54 Å². The van der Waals surface area contributed by atoms with Crippen molar-refractivity contribution < 1.29 is 14.1 Å². The van der Waals surface area contributed by atoms with Gasteiger partial charge in [-0.1, -0.05) is 0 Å². The summed E-state index contributed by atoms with van der Waals surface area (Å²) >= 11 is 0.